The van der Waals surface area contributed by atoms with E-state index in [2.05, 4.69) is 5.32 Å². The molecule has 0 bridgehead atoms. The molecule has 5 heteroatoms. The number of carbonyl (C=O) groups excluding carboxylic acids is 1. The van der Waals surface area contributed by atoms with Gasteiger partial charge in [0.1, 0.15) is 11.6 Å². The van der Waals surface area contributed by atoms with E-state index in [4.69, 9.17) is 10.2 Å². The van der Waals surface area contributed by atoms with Crippen LogP contribution in [0.5, 0.6) is 0 Å². The summed E-state index contributed by atoms with van der Waals surface area (Å²) in [6.45, 7) is 3.93. The van der Waals surface area contributed by atoms with Gasteiger partial charge in [0.2, 0.25) is 0 Å². The molecule has 2 aromatic rings. The van der Waals surface area contributed by atoms with Crippen LogP contribution >= 0.6 is 0 Å². The van der Waals surface area contributed by atoms with Crippen molar-refractivity contribution in [1.82, 2.24) is 5.32 Å². The minimum Gasteiger partial charge on any atom is -0.451 e. The number of hydrogen-bond donors (Lipinski definition) is 2. The van der Waals surface area contributed by atoms with E-state index in [-0.39, 0.29) is 11.7 Å². The molecule has 3 N–H and O–H groups in total. The Morgan fingerprint density at radius 3 is 2.65 bits per heavy atom. The van der Waals surface area contributed by atoms with Crippen LogP contribution in [0.2, 0.25) is 0 Å². The molecule has 0 unspecified atom stereocenters. The molecule has 20 heavy (non-hydrogen) atoms. The zero-order valence-corrected chi connectivity index (χ0v) is 11.4. The summed E-state index contributed by atoms with van der Waals surface area (Å²) in [7, 11) is 0. The van der Waals surface area contributed by atoms with E-state index in [1.54, 1.807) is 24.3 Å². The lowest BCUT2D eigenvalue weighted by Crippen LogP contribution is -2.48. The van der Waals surface area contributed by atoms with E-state index < -0.39 is 11.4 Å². The molecular formula is C15H17FN2O2. The minimum absolute atomic E-state index is 0.129. The molecule has 0 atom stereocenters. The SMILES string of the molecule is CC(C)(CN)NC(=O)c1ccc(-c2ccccc2F)o1. The van der Waals surface area contributed by atoms with E-state index in [9.17, 15) is 9.18 Å². The van der Waals surface area contributed by atoms with Gasteiger partial charge in [0.15, 0.2) is 5.76 Å². The van der Waals surface area contributed by atoms with Crippen molar-refractivity contribution in [1.29, 1.82) is 0 Å². The highest BCUT2D eigenvalue weighted by Gasteiger charge is 2.21. The van der Waals surface area contributed by atoms with Gasteiger partial charge < -0.3 is 15.5 Å². The second kappa shape index (κ2) is 5.46. The summed E-state index contributed by atoms with van der Waals surface area (Å²) in [4.78, 5) is 12.0. The number of rotatable bonds is 4. The molecular weight excluding hydrogens is 259 g/mol. The van der Waals surface area contributed by atoms with Crippen LogP contribution in [0.3, 0.4) is 0 Å². The Morgan fingerprint density at radius 2 is 2.00 bits per heavy atom. The van der Waals surface area contributed by atoms with Gasteiger partial charge in [0.05, 0.1) is 5.56 Å². The first-order valence-corrected chi connectivity index (χ1v) is 6.30. The molecule has 1 aromatic heterocycles. The van der Waals surface area contributed by atoms with Crippen molar-refractivity contribution in [2.24, 2.45) is 5.73 Å². The average Bonchev–Trinajstić information content (AvgIpc) is 2.88. The van der Waals surface area contributed by atoms with Crippen LogP contribution in [0.4, 0.5) is 4.39 Å². The molecule has 0 aliphatic rings. The molecule has 1 heterocycles. The summed E-state index contributed by atoms with van der Waals surface area (Å²) < 4.78 is 19.0. The average molecular weight is 276 g/mol. The Hall–Kier alpha value is -2.14. The van der Waals surface area contributed by atoms with Gasteiger partial charge in [0, 0.05) is 12.1 Å². The smallest absolute Gasteiger partial charge is 0.287 e. The van der Waals surface area contributed by atoms with E-state index in [1.165, 1.54) is 12.1 Å². The Morgan fingerprint density at radius 1 is 1.30 bits per heavy atom. The van der Waals surface area contributed by atoms with Crippen LogP contribution in [0.25, 0.3) is 11.3 Å². The van der Waals surface area contributed by atoms with Crippen LogP contribution in [-0.2, 0) is 0 Å². The zero-order valence-electron chi connectivity index (χ0n) is 11.4. The van der Waals surface area contributed by atoms with E-state index in [1.807, 2.05) is 13.8 Å². The number of carbonyl (C=O) groups is 1. The highest BCUT2D eigenvalue weighted by molar-refractivity contribution is 5.92. The fourth-order valence-electron chi connectivity index (χ4n) is 1.69. The van der Waals surface area contributed by atoms with Gasteiger partial charge in [-0.1, -0.05) is 12.1 Å². The molecule has 4 nitrogen and oxygen atoms in total. The van der Waals surface area contributed by atoms with Crippen LogP contribution in [0.1, 0.15) is 24.4 Å². The van der Waals surface area contributed by atoms with Gasteiger partial charge in [0.25, 0.3) is 5.91 Å². The Bertz CT molecular complexity index is 620. The first-order chi connectivity index (χ1) is 9.43. The highest BCUT2D eigenvalue weighted by atomic mass is 19.1. The normalized spacial score (nSPS) is 11.4. The summed E-state index contributed by atoms with van der Waals surface area (Å²) >= 11 is 0. The summed E-state index contributed by atoms with van der Waals surface area (Å²) in [5.74, 6) is -0.317. The molecule has 0 spiro atoms. The van der Waals surface area contributed by atoms with Crippen molar-refractivity contribution in [3.05, 3.63) is 48.0 Å². The third-order valence-corrected chi connectivity index (χ3v) is 2.93. The molecule has 0 aliphatic heterocycles. The number of furan rings is 1. The van der Waals surface area contributed by atoms with E-state index in [0.717, 1.165) is 0 Å². The van der Waals surface area contributed by atoms with Crippen molar-refractivity contribution < 1.29 is 13.6 Å². The van der Waals surface area contributed by atoms with Gasteiger partial charge in [-0.25, -0.2) is 4.39 Å². The third kappa shape index (κ3) is 3.05. The van der Waals surface area contributed by atoms with Crippen LogP contribution in [-0.4, -0.2) is 18.0 Å². The number of nitrogens with two attached hydrogens (primary N) is 1. The number of nitrogens with one attached hydrogen (secondary N) is 1. The van der Waals surface area contributed by atoms with Crippen molar-refractivity contribution in [2.75, 3.05) is 6.54 Å². The fraction of sp³-hybridized carbons (Fsp3) is 0.267. The molecule has 0 saturated carbocycles. The van der Waals surface area contributed by atoms with Gasteiger partial charge in [-0.15, -0.1) is 0 Å². The molecule has 0 fully saturated rings. The van der Waals surface area contributed by atoms with Crippen molar-refractivity contribution in [3.8, 4) is 11.3 Å². The molecule has 0 aliphatic carbocycles. The fourth-order valence-corrected chi connectivity index (χ4v) is 1.69. The van der Waals surface area contributed by atoms with Crippen molar-refractivity contribution in [3.63, 3.8) is 0 Å². The summed E-state index contributed by atoms with van der Waals surface area (Å²) in [6.07, 6.45) is 0. The lowest BCUT2D eigenvalue weighted by Gasteiger charge is -2.23. The summed E-state index contributed by atoms with van der Waals surface area (Å²) in [5.41, 5.74) is 5.35. The van der Waals surface area contributed by atoms with E-state index >= 15 is 0 Å². The maximum Gasteiger partial charge on any atom is 0.287 e. The number of amides is 1. The molecule has 1 aromatic carbocycles. The van der Waals surface area contributed by atoms with Crippen molar-refractivity contribution in [2.45, 2.75) is 19.4 Å². The lowest BCUT2D eigenvalue weighted by molar-refractivity contribution is 0.0888. The minimum atomic E-state index is -0.526. The quantitative estimate of drug-likeness (QED) is 0.901. The molecule has 0 radical (unpaired) electrons. The summed E-state index contributed by atoms with van der Waals surface area (Å²) in [6, 6.07) is 9.33. The highest BCUT2D eigenvalue weighted by Crippen LogP contribution is 2.24. The van der Waals surface area contributed by atoms with Crippen molar-refractivity contribution >= 4 is 5.91 Å². The monoisotopic (exact) mass is 276 g/mol. The maximum absolute atomic E-state index is 13.6. The number of benzene rings is 1. The summed E-state index contributed by atoms with van der Waals surface area (Å²) in [5, 5.41) is 2.75. The Balaban J connectivity index is 2.22. The first kappa shape index (κ1) is 14.3. The standard InChI is InChI=1S/C15H17FN2O2/c1-15(2,9-17)18-14(19)13-8-7-12(20-13)10-5-3-4-6-11(10)16/h3-8H,9,17H2,1-2H3,(H,18,19). The van der Waals surface area contributed by atoms with Gasteiger partial charge >= 0.3 is 0 Å². The molecule has 2 rings (SSSR count). The van der Waals surface area contributed by atoms with Crippen LogP contribution in [0, 0.1) is 5.82 Å². The molecule has 0 saturated heterocycles. The second-order valence-corrected chi connectivity index (χ2v) is 5.19. The van der Waals surface area contributed by atoms with Gasteiger partial charge in [-0.05, 0) is 38.1 Å². The van der Waals surface area contributed by atoms with E-state index in [0.29, 0.717) is 17.9 Å². The first-order valence-electron chi connectivity index (χ1n) is 6.30. The zero-order chi connectivity index (χ0) is 14.8. The topological polar surface area (TPSA) is 68.3 Å². The Labute approximate surface area is 116 Å². The van der Waals surface area contributed by atoms with Crippen LogP contribution < -0.4 is 11.1 Å². The van der Waals surface area contributed by atoms with Gasteiger partial charge in [-0.3, -0.25) is 4.79 Å². The number of halogens is 1. The predicted molar refractivity (Wildman–Crippen MR) is 74.7 cm³/mol. The molecule has 106 valence electrons. The third-order valence-electron chi connectivity index (χ3n) is 2.93. The maximum atomic E-state index is 13.6. The largest absolute Gasteiger partial charge is 0.451 e. The van der Waals surface area contributed by atoms with Crippen LogP contribution in [0.15, 0.2) is 40.8 Å². The second-order valence-electron chi connectivity index (χ2n) is 5.19. The van der Waals surface area contributed by atoms with Gasteiger partial charge in [-0.2, -0.15) is 0 Å². The number of hydrogen-bond acceptors (Lipinski definition) is 3. The molecule has 1 amide bonds. The lowest BCUT2D eigenvalue weighted by atomic mass is 10.1. The Kier molecular flexibility index (Phi) is 3.90. The predicted octanol–water partition coefficient (Wildman–Crippen LogP) is 2.55.